The van der Waals surface area contributed by atoms with Crippen LogP contribution in [0.25, 0.3) is 0 Å². The number of hydrogen-bond acceptors (Lipinski definition) is 1. The van der Waals surface area contributed by atoms with Gasteiger partial charge in [0.2, 0.25) is 0 Å². The molecular formula is C15H9ClF4INO. The fourth-order valence-corrected chi connectivity index (χ4v) is 2.66. The number of nitrogens with one attached hydrogen (secondary N) is 1. The molecule has 2 rings (SSSR count). The van der Waals surface area contributed by atoms with Crippen LogP contribution in [0.2, 0.25) is 5.02 Å². The molecule has 23 heavy (non-hydrogen) atoms. The molecule has 0 radical (unpaired) electrons. The minimum Gasteiger partial charge on any atom is -0.348 e. The molecule has 0 bridgehead atoms. The van der Waals surface area contributed by atoms with Crippen molar-refractivity contribution in [1.82, 2.24) is 5.32 Å². The second kappa shape index (κ2) is 7.04. The van der Waals surface area contributed by atoms with Crippen molar-refractivity contribution in [2.45, 2.75) is 12.7 Å². The monoisotopic (exact) mass is 457 g/mol. The van der Waals surface area contributed by atoms with Crippen molar-refractivity contribution in [3.05, 3.63) is 67.5 Å². The Morgan fingerprint density at radius 3 is 2.52 bits per heavy atom. The van der Waals surface area contributed by atoms with E-state index in [0.29, 0.717) is 14.7 Å². The molecule has 8 heteroatoms. The van der Waals surface area contributed by atoms with E-state index in [1.165, 1.54) is 6.07 Å². The van der Waals surface area contributed by atoms with E-state index in [1.54, 1.807) is 12.1 Å². The van der Waals surface area contributed by atoms with Gasteiger partial charge in [-0.05, 0) is 58.5 Å². The normalized spacial score (nSPS) is 11.4. The van der Waals surface area contributed by atoms with Gasteiger partial charge in [0.1, 0.15) is 5.82 Å². The van der Waals surface area contributed by atoms with Gasteiger partial charge in [0.15, 0.2) is 0 Å². The maximum absolute atomic E-state index is 13.0. The van der Waals surface area contributed by atoms with Crippen molar-refractivity contribution in [2.75, 3.05) is 0 Å². The number of benzene rings is 2. The number of halogens is 6. The molecule has 0 saturated heterocycles. The maximum Gasteiger partial charge on any atom is 0.416 e. The summed E-state index contributed by atoms with van der Waals surface area (Å²) in [6.45, 7) is -0.378. The number of alkyl halides is 3. The fraction of sp³-hybridized carbons (Fsp3) is 0.133. The van der Waals surface area contributed by atoms with Gasteiger partial charge >= 0.3 is 6.18 Å². The molecule has 122 valence electrons. The number of hydrogen-bond donors (Lipinski definition) is 1. The summed E-state index contributed by atoms with van der Waals surface area (Å²) in [5.74, 6) is -1.55. The topological polar surface area (TPSA) is 29.1 Å². The van der Waals surface area contributed by atoms with Crippen LogP contribution in [0.15, 0.2) is 36.4 Å². The van der Waals surface area contributed by atoms with E-state index < -0.39 is 23.5 Å². The SMILES string of the molecule is O=C(NCc1ccc(F)cc1C(F)(F)F)c1cc(Cl)ccc1I. The van der Waals surface area contributed by atoms with Crippen LogP contribution in [-0.4, -0.2) is 5.91 Å². The van der Waals surface area contributed by atoms with Crippen molar-refractivity contribution >= 4 is 40.1 Å². The van der Waals surface area contributed by atoms with Gasteiger partial charge in [0.05, 0.1) is 11.1 Å². The molecule has 2 nitrogen and oxygen atoms in total. The predicted octanol–water partition coefficient (Wildman–Crippen LogP) is 5.03. The van der Waals surface area contributed by atoms with Crippen LogP contribution in [0.4, 0.5) is 17.6 Å². The lowest BCUT2D eigenvalue weighted by molar-refractivity contribution is -0.138. The minimum absolute atomic E-state index is 0.218. The van der Waals surface area contributed by atoms with Crippen molar-refractivity contribution in [3.63, 3.8) is 0 Å². The number of amides is 1. The molecule has 0 saturated carbocycles. The first-order valence-corrected chi connectivity index (χ1v) is 7.73. The standard InChI is InChI=1S/C15H9ClF4INO/c16-9-2-4-13(21)11(5-9)14(23)22-7-8-1-3-10(17)6-12(8)15(18,19)20/h1-6H,7H2,(H,22,23). The van der Waals surface area contributed by atoms with E-state index >= 15 is 0 Å². The number of carbonyl (C=O) groups excluding carboxylic acids is 1. The van der Waals surface area contributed by atoms with Gasteiger partial charge in [-0.25, -0.2) is 4.39 Å². The quantitative estimate of drug-likeness (QED) is 0.508. The van der Waals surface area contributed by atoms with Crippen molar-refractivity contribution < 1.29 is 22.4 Å². The number of rotatable bonds is 3. The highest BCUT2D eigenvalue weighted by Crippen LogP contribution is 2.32. The van der Waals surface area contributed by atoms with E-state index in [2.05, 4.69) is 5.32 Å². The molecule has 0 atom stereocenters. The largest absolute Gasteiger partial charge is 0.416 e. The zero-order chi connectivity index (χ0) is 17.2. The summed E-state index contributed by atoms with van der Waals surface area (Å²) in [6, 6.07) is 6.97. The predicted molar refractivity (Wildman–Crippen MR) is 86.7 cm³/mol. The molecule has 0 heterocycles. The Balaban J connectivity index is 2.21. The van der Waals surface area contributed by atoms with Gasteiger partial charge < -0.3 is 5.32 Å². The van der Waals surface area contributed by atoms with Crippen LogP contribution in [0.3, 0.4) is 0 Å². The first-order chi connectivity index (χ1) is 10.7. The van der Waals surface area contributed by atoms with Gasteiger partial charge in [0.25, 0.3) is 5.91 Å². The summed E-state index contributed by atoms with van der Waals surface area (Å²) in [7, 11) is 0. The molecular weight excluding hydrogens is 449 g/mol. The Morgan fingerprint density at radius 2 is 1.87 bits per heavy atom. The third-order valence-electron chi connectivity index (χ3n) is 2.99. The average Bonchev–Trinajstić information content (AvgIpc) is 2.47. The molecule has 0 aliphatic carbocycles. The van der Waals surface area contributed by atoms with E-state index in [4.69, 9.17) is 11.6 Å². The van der Waals surface area contributed by atoms with Crippen molar-refractivity contribution in [1.29, 1.82) is 0 Å². The van der Waals surface area contributed by atoms with Gasteiger partial charge in [-0.15, -0.1) is 0 Å². The highest BCUT2D eigenvalue weighted by Gasteiger charge is 2.33. The van der Waals surface area contributed by atoms with Crippen molar-refractivity contribution in [3.8, 4) is 0 Å². The highest BCUT2D eigenvalue weighted by molar-refractivity contribution is 14.1. The van der Waals surface area contributed by atoms with Gasteiger partial charge in [-0.3, -0.25) is 4.79 Å². The van der Waals surface area contributed by atoms with Crippen LogP contribution < -0.4 is 5.32 Å². The Morgan fingerprint density at radius 1 is 1.17 bits per heavy atom. The molecule has 0 aliphatic rings. The van der Waals surface area contributed by atoms with Crippen LogP contribution in [0, 0.1) is 9.39 Å². The van der Waals surface area contributed by atoms with Crippen LogP contribution in [0.5, 0.6) is 0 Å². The molecule has 0 fully saturated rings. The second-order valence-corrected chi connectivity index (χ2v) is 6.20. The lowest BCUT2D eigenvalue weighted by Crippen LogP contribution is -2.25. The Labute approximate surface area is 148 Å². The van der Waals surface area contributed by atoms with E-state index in [-0.39, 0.29) is 17.7 Å². The van der Waals surface area contributed by atoms with Crippen molar-refractivity contribution in [2.24, 2.45) is 0 Å². The summed E-state index contributed by atoms with van der Waals surface area (Å²) >= 11 is 7.73. The van der Waals surface area contributed by atoms with Crippen LogP contribution >= 0.6 is 34.2 Å². The Bertz CT molecular complexity index is 749. The minimum atomic E-state index is -4.70. The zero-order valence-corrected chi connectivity index (χ0v) is 14.3. The first-order valence-electron chi connectivity index (χ1n) is 6.27. The van der Waals surface area contributed by atoms with E-state index in [0.717, 1.165) is 12.1 Å². The fourth-order valence-electron chi connectivity index (χ4n) is 1.91. The molecule has 0 unspecified atom stereocenters. The average molecular weight is 458 g/mol. The Hall–Kier alpha value is -1.35. The first kappa shape index (κ1) is 18.0. The molecule has 1 N–H and O–H groups in total. The third-order valence-corrected chi connectivity index (χ3v) is 4.17. The summed E-state index contributed by atoms with van der Waals surface area (Å²) in [5, 5.41) is 2.73. The summed E-state index contributed by atoms with van der Waals surface area (Å²) in [6.07, 6.45) is -4.70. The third kappa shape index (κ3) is 4.57. The molecule has 2 aromatic carbocycles. The molecule has 1 amide bonds. The van der Waals surface area contributed by atoms with Gasteiger partial charge in [-0.1, -0.05) is 17.7 Å². The maximum atomic E-state index is 13.0. The highest BCUT2D eigenvalue weighted by atomic mass is 127. The lowest BCUT2D eigenvalue weighted by Gasteiger charge is -2.14. The van der Waals surface area contributed by atoms with Gasteiger partial charge in [-0.2, -0.15) is 13.2 Å². The summed E-state index contributed by atoms with van der Waals surface area (Å²) in [5.41, 5.74) is -1.07. The van der Waals surface area contributed by atoms with Crippen LogP contribution in [-0.2, 0) is 12.7 Å². The molecule has 0 spiro atoms. The molecule has 0 aromatic heterocycles. The van der Waals surface area contributed by atoms with Crippen LogP contribution in [0.1, 0.15) is 21.5 Å². The van der Waals surface area contributed by atoms with Gasteiger partial charge in [0, 0.05) is 15.1 Å². The smallest absolute Gasteiger partial charge is 0.348 e. The molecule has 2 aromatic rings. The summed E-state index contributed by atoms with van der Waals surface area (Å²) in [4.78, 5) is 12.1. The van der Waals surface area contributed by atoms with E-state index in [1.807, 2.05) is 22.6 Å². The summed E-state index contributed by atoms with van der Waals surface area (Å²) < 4.78 is 52.3. The van der Waals surface area contributed by atoms with E-state index in [9.17, 15) is 22.4 Å². The number of carbonyl (C=O) groups is 1. The lowest BCUT2D eigenvalue weighted by atomic mass is 10.1. The zero-order valence-electron chi connectivity index (χ0n) is 11.3. The second-order valence-electron chi connectivity index (χ2n) is 4.61. The molecule has 0 aliphatic heterocycles. The Kier molecular flexibility index (Phi) is 5.51.